The molecule has 0 aliphatic carbocycles. The molecule has 0 aromatic carbocycles. The minimum absolute atomic E-state index is 0.796. The van der Waals surface area contributed by atoms with Gasteiger partial charge in [0.25, 0.3) is 0 Å². The van der Waals surface area contributed by atoms with Crippen molar-refractivity contribution in [2.75, 3.05) is 6.54 Å². The lowest BCUT2D eigenvalue weighted by atomic mass is 10.3. The Morgan fingerprint density at radius 3 is 2.50 bits per heavy atom. The second-order valence-electron chi connectivity index (χ2n) is 2.28. The summed E-state index contributed by atoms with van der Waals surface area (Å²) in [6.45, 7) is 4.87. The fourth-order valence-corrected chi connectivity index (χ4v) is 0.658. The number of nitrogens with two attached hydrogens (primary N) is 2. The van der Waals surface area contributed by atoms with Crippen molar-refractivity contribution in [1.29, 1.82) is 0 Å². The molecule has 0 aromatic rings. The Hall–Kier alpha value is -0.700. The third kappa shape index (κ3) is 4.21. The normalized spacial score (nSPS) is 11.7. The largest absolute Gasteiger partial charge is 0.401 e. The predicted molar refractivity (Wildman–Crippen MR) is 43.7 cm³/mol. The average molecular weight is 143 g/mol. The summed E-state index contributed by atoms with van der Waals surface area (Å²) in [5.74, 6) is 5.48. The highest BCUT2D eigenvalue weighted by Gasteiger charge is 1.89. The van der Waals surface area contributed by atoms with Gasteiger partial charge < -0.3 is 10.7 Å². The number of hydrazine groups is 1. The highest BCUT2D eigenvalue weighted by Crippen LogP contribution is 1.96. The minimum atomic E-state index is 0.796. The lowest BCUT2D eigenvalue weighted by molar-refractivity contribution is 0.411. The Morgan fingerprint density at radius 1 is 1.50 bits per heavy atom. The zero-order valence-electron chi connectivity index (χ0n) is 6.80. The average Bonchev–Trinajstić information content (AvgIpc) is 1.88. The quantitative estimate of drug-likeness (QED) is 0.451. The van der Waals surface area contributed by atoms with Crippen LogP contribution in [-0.2, 0) is 0 Å². The summed E-state index contributed by atoms with van der Waals surface area (Å²) in [5.41, 5.74) is 6.45. The molecule has 0 radical (unpaired) electrons. The fraction of sp³-hybridized carbons (Fsp3) is 0.714. The van der Waals surface area contributed by atoms with Crippen LogP contribution < -0.4 is 11.6 Å². The third-order valence-electron chi connectivity index (χ3n) is 1.24. The summed E-state index contributed by atoms with van der Waals surface area (Å²) in [6, 6.07) is 0. The van der Waals surface area contributed by atoms with E-state index in [1.807, 2.05) is 6.92 Å². The maximum atomic E-state index is 5.60. The summed E-state index contributed by atoms with van der Waals surface area (Å²) in [4.78, 5) is 0. The van der Waals surface area contributed by atoms with Gasteiger partial charge in [-0.25, -0.2) is 5.84 Å². The van der Waals surface area contributed by atoms with E-state index in [1.54, 1.807) is 11.2 Å². The smallest absolute Gasteiger partial charge is 0.0342 e. The van der Waals surface area contributed by atoms with Crippen molar-refractivity contribution in [3.63, 3.8) is 0 Å². The molecule has 3 nitrogen and oxygen atoms in total. The van der Waals surface area contributed by atoms with E-state index in [9.17, 15) is 0 Å². The maximum absolute atomic E-state index is 5.60. The molecule has 0 aromatic heterocycles. The van der Waals surface area contributed by atoms with Gasteiger partial charge in [0.2, 0.25) is 0 Å². The number of allylic oxidation sites excluding steroid dienone is 1. The molecule has 4 N–H and O–H groups in total. The Labute approximate surface area is 62.6 Å². The fourth-order valence-electron chi connectivity index (χ4n) is 0.658. The molecule has 0 heterocycles. The number of hydrogen-bond acceptors (Lipinski definition) is 3. The van der Waals surface area contributed by atoms with Gasteiger partial charge in [-0.05, 0) is 13.3 Å². The van der Waals surface area contributed by atoms with Gasteiger partial charge in [0, 0.05) is 18.4 Å². The summed E-state index contributed by atoms with van der Waals surface area (Å²) >= 11 is 0. The summed E-state index contributed by atoms with van der Waals surface area (Å²) < 4.78 is 0. The van der Waals surface area contributed by atoms with Crippen LogP contribution >= 0.6 is 0 Å². The minimum Gasteiger partial charge on any atom is -0.401 e. The Balaban J connectivity index is 3.65. The molecule has 3 heteroatoms. The number of nitrogens with zero attached hydrogens (tertiary/aromatic N) is 1. The van der Waals surface area contributed by atoms with E-state index < -0.39 is 0 Å². The van der Waals surface area contributed by atoms with Crippen molar-refractivity contribution in [3.05, 3.63) is 11.9 Å². The standard InChI is InChI=1S/C7H17N3/c1-3-5-7(8)6-10(9)4-2/h6H,3-5,8-9H2,1-2H3/b7-6-. The van der Waals surface area contributed by atoms with Crippen molar-refractivity contribution in [2.45, 2.75) is 26.7 Å². The number of hydrogen-bond donors (Lipinski definition) is 2. The van der Waals surface area contributed by atoms with E-state index in [1.165, 1.54) is 0 Å². The van der Waals surface area contributed by atoms with Crippen LogP contribution in [-0.4, -0.2) is 11.6 Å². The topological polar surface area (TPSA) is 55.3 Å². The first-order chi connectivity index (χ1) is 4.70. The lowest BCUT2D eigenvalue weighted by Crippen LogP contribution is -2.25. The molecule has 0 aliphatic heterocycles. The Bertz CT molecular complexity index is 109. The molecule has 0 saturated carbocycles. The maximum Gasteiger partial charge on any atom is 0.0342 e. The van der Waals surface area contributed by atoms with E-state index in [-0.39, 0.29) is 0 Å². The van der Waals surface area contributed by atoms with Crippen LogP contribution in [0, 0.1) is 0 Å². The van der Waals surface area contributed by atoms with Gasteiger partial charge in [0.1, 0.15) is 0 Å². The Morgan fingerprint density at radius 2 is 2.10 bits per heavy atom. The van der Waals surface area contributed by atoms with E-state index in [0.29, 0.717) is 0 Å². The molecule has 0 atom stereocenters. The molecular formula is C7H17N3. The predicted octanol–water partition coefficient (Wildman–Crippen LogP) is 0.782. The monoisotopic (exact) mass is 143 g/mol. The van der Waals surface area contributed by atoms with Crippen molar-refractivity contribution in [2.24, 2.45) is 11.6 Å². The van der Waals surface area contributed by atoms with Crippen LogP contribution in [0.15, 0.2) is 11.9 Å². The summed E-state index contributed by atoms with van der Waals surface area (Å²) in [6.07, 6.45) is 3.77. The van der Waals surface area contributed by atoms with Crippen LogP contribution in [0.4, 0.5) is 0 Å². The number of rotatable bonds is 4. The highest BCUT2D eigenvalue weighted by molar-refractivity contribution is 4.93. The first kappa shape index (κ1) is 9.30. The summed E-state index contributed by atoms with van der Waals surface area (Å²) in [5, 5.41) is 1.59. The molecule has 0 saturated heterocycles. The molecule has 0 aliphatic rings. The van der Waals surface area contributed by atoms with Gasteiger partial charge in [-0.3, -0.25) is 0 Å². The zero-order chi connectivity index (χ0) is 7.98. The Kier molecular flexibility index (Phi) is 4.76. The second-order valence-corrected chi connectivity index (χ2v) is 2.28. The molecule has 60 valence electrons. The van der Waals surface area contributed by atoms with Gasteiger partial charge in [-0.15, -0.1) is 0 Å². The molecular weight excluding hydrogens is 126 g/mol. The van der Waals surface area contributed by atoms with E-state index >= 15 is 0 Å². The SMILES string of the molecule is CCC/C(N)=C/N(N)CC. The molecule has 0 unspecified atom stereocenters. The van der Waals surface area contributed by atoms with Crippen molar-refractivity contribution >= 4 is 0 Å². The van der Waals surface area contributed by atoms with E-state index in [2.05, 4.69) is 6.92 Å². The van der Waals surface area contributed by atoms with Crippen LogP contribution in [0.2, 0.25) is 0 Å². The van der Waals surface area contributed by atoms with Gasteiger partial charge in [-0.1, -0.05) is 13.3 Å². The van der Waals surface area contributed by atoms with Gasteiger partial charge in [-0.2, -0.15) is 0 Å². The summed E-state index contributed by atoms with van der Waals surface area (Å²) in [7, 11) is 0. The third-order valence-corrected chi connectivity index (χ3v) is 1.24. The molecule has 0 fully saturated rings. The first-order valence-electron chi connectivity index (χ1n) is 3.68. The van der Waals surface area contributed by atoms with Crippen molar-refractivity contribution in [1.82, 2.24) is 5.01 Å². The van der Waals surface area contributed by atoms with Crippen molar-refractivity contribution < 1.29 is 0 Å². The van der Waals surface area contributed by atoms with Gasteiger partial charge in [0.15, 0.2) is 0 Å². The molecule has 0 rings (SSSR count). The van der Waals surface area contributed by atoms with Gasteiger partial charge >= 0.3 is 0 Å². The van der Waals surface area contributed by atoms with E-state index in [0.717, 1.165) is 25.1 Å². The van der Waals surface area contributed by atoms with Gasteiger partial charge in [0.05, 0.1) is 0 Å². The highest BCUT2D eigenvalue weighted by atomic mass is 15.4. The van der Waals surface area contributed by atoms with Crippen LogP contribution in [0.3, 0.4) is 0 Å². The van der Waals surface area contributed by atoms with Crippen molar-refractivity contribution in [3.8, 4) is 0 Å². The van der Waals surface area contributed by atoms with E-state index in [4.69, 9.17) is 11.6 Å². The molecule has 0 amide bonds. The molecule has 10 heavy (non-hydrogen) atoms. The lowest BCUT2D eigenvalue weighted by Gasteiger charge is -2.10. The van der Waals surface area contributed by atoms with Crippen LogP contribution in [0.1, 0.15) is 26.7 Å². The zero-order valence-corrected chi connectivity index (χ0v) is 6.80. The first-order valence-corrected chi connectivity index (χ1v) is 3.68. The molecule has 0 bridgehead atoms. The van der Waals surface area contributed by atoms with Crippen LogP contribution in [0.5, 0.6) is 0 Å². The second kappa shape index (κ2) is 5.11. The van der Waals surface area contributed by atoms with Crippen LogP contribution in [0.25, 0.3) is 0 Å². The molecule has 0 spiro atoms.